The molecule has 1 N–H and O–H groups in total. The zero-order valence-corrected chi connectivity index (χ0v) is 23.9. The summed E-state index contributed by atoms with van der Waals surface area (Å²) in [7, 11) is 0. The van der Waals surface area contributed by atoms with Gasteiger partial charge in [-0.2, -0.15) is 0 Å². The van der Waals surface area contributed by atoms with E-state index < -0.39 is 0 Å². The van der Waals surface area contributed by atoms with Crippen LogP contribution >= 0.6 is 23.2 Å². The number of tetrazole rings is 1. The zero-order valence-electron chi connectivity index (χ0n) is 22.4. The number of H-pyrrole nitrogens is 1. The summed E-state index contributed by atoms with van der Waals surface area (Å²) in [5, 5.41) is 15.2. The van der Waals surface area contributed by atoms with Gasteiger partial charge in [-0.1, -0.05) is 98.2 Å². The number of rotatable bonds is 10. The predicted molar refractivity (Wildman–Crippen MR) is 161 cm³/mol. The van der Waals surface area contributed by atoms with Crippen molar-refractivity contribution in [3.63, 3.8) is 0 Å². The average Bonchev–Trinajstić information content (AvgIpc) is 3.44. The van der Waals surface area contributed by atoms with E-state index in [1.807, 2.05) is 30.0 Å². The largest absolute Gasteiger partial charge is 0.283 e. The minimum absolute atomic E-state index is 0.243. The maximum atomic E-state index is 6.27. The molecule has 9 heteroatoms. The molecule has 2 aromatic carbocycles. The fourth-order valence-corrected chi connectivity index (χ4v) is 4.92. The number of benzene rings is 2. The lowest BCUT2D eigenvalue weighted by molar-refractivity contribution is 0.605. The average molecular weight is 561 g/mol. The molecule has 0 unspecified atom stereocenters. The second-order valence-electron chi connectivity index (χ2n) is 9.22. The van der Waals surface area contributed by atoms with Crippen LogP contribution in [0.5, 0.6) is 0 Å². The van der Waals surface area contributed by atoms with E-state index in [-0.39, 0.29) is 5.17 Å². The fourth-order valence-electron chi connectivity index (χ4n) is 4.50. The second-order valence-corrected chi connectivity index (χ2v) is 10.2. The van der Waals surface area contributed by atoms with Crippen molar-refractivity contribution in [3.8, 4) is 22.5 Å². The maximum Gasteiger partial charge on any atom is 0.180 e. The first-order chi connectivity index (χ1) is 18.8. The van der Waals surface area contributed by atoms with Crippen LogP contribution in [0.2, 0.25) is 0 Å². The third-order valence-corrected chi connectivity index (χ3v) is 6.64. The van der Waals surface area contributed by atoms with Gasteiger partial charge < -0.3 is 0 Å². The molecule has 0 amide bonds. The molecule has 1 aromatic heterocycles. The molecule has 0 atom stereocenters. The van der Waals surface area contributed by atoms with Gasteiger partial charge >= 0.3 is 0 Å². The molecule has 39 heavy (non-hydrogen) atoms. The van der Waals surface area contributed by atoms with Crippen LogP contribution in [-0.4, -0.2) is 36.5 Å². The molecule has 0 saturated carbocycles. The number of allylic oxidation sites excluding steroid dienone is 4. The lowest BCUT2D eigenvalue weighted by atomic mass is 9.94. The Morgan fingerprint density at radius 3 is 2.46 bits per heavy atom. The highest BCUT2D eigenvalue weighted by molar-refractivity contribution is 6.69. The number of hydrogen-bond donors (Lipinski definition) is 1. The topological polar surface area (TPSA) is 82.4 Å². The van der Waals surface area contributed by atoms with Crippen molar-refractivity contribution in [1.82, 2.24) is 25.5 Å². The number of nitrogens with zero attached hydrogens (tertiary/aromatic N) is 6. The van der Waals surface area contributed by atoms with Crippen molar-refractivity contribution in [2.24, 2.45) is 9.98 Å². The first-order valence-corrected chi connectivity index (χ1v) is 13.5. The molecule has 0 fully saturated rings. The van der Waals surface area contributed by atoms with Crippen molar-refractivity contribution in [2.45, 2.75) is 46.5 Å². The Kier molecular flexibility index (Phi) is 9.28. The van der Waals surface area contributed by atoms with Gasteiger partial charge in [0.1, 0.15) is 16.8 Å². The Morgan fingerprint density at radius 2 is 1.82 bits per heavy atom. The van der Waals surface area contributed by atoms with Gasteiger partial charge in [-0.25, -0.2) is 15.1 Å². The van der Waals surface area contributed by atoms with Crippen molar-refractivity contribution in [1.29, 1.82) is 0 Å². The quantitative estimate of drug-likeness (QED) is 0.255. The molecule has 0 spiro atoms. The predicted octanol–water partition coefficient (Wildman–Crippen LogP) is 8.02. The van der Waals surface area contributed by atoms with E-state index in [4.69, 9.17) is 28.2 Å². The highest BCUT2D eigenvalue weighted by Gasteiger charge is 2.25. The Balaban J connectivity index is 1.63. The molecule has 1 aliphatic rings. The number of aromatic nitrogens is 4. The smallest absolute Gasteiger partial charge is 0.180 e. The molecular weight excluding hydrogens is 529 g/mol. The molecule has 0 radical (unpaired) electrons. The van der Waals surface area contributed by atoms with Crippen molar-refractivity contribution >= 4 is 34.2 Å². The van der Waals surface area contributed by atoms with E-state index in [1.54, 1.807) is 13.0 Å². The van der Waals surface area contributed by atoms with Crippen LogP contribution in [0.15, 0.2) is 106 Å². The summed E-state index contributed by atoms with van der Waals surface area (Å²) < 4.78 is 0. The van der Waals surface area contributed by atoms with Crippen LogP contribution in [0, 0.1) is 0 Å². The third kappa shape index (κ3) is 6.80. The number of amidine groups is 1. The Labute approximate surface area is 239 Å². The SMILES string of the molecule is C=C(/N=C(Cl)\C=C(/C)Cl)N1C(=C)C(Cc2ccc(-c3ccccc3-c3nnn[nH]3)cc2)=C(CCCC)N=C1C. The summed E-state index contributed by atoms with van der Waals surface area (Å²) in [6.07, 6.45) is 5.24. The maximum absolute atomic E-state index is 6.27. The van der Waals surface area contributed by atoms with E-state index in [2.05, 4.69) is 76.0 Å². The van der Waals surface area contributed by atoms with Gasteiger partial charge in [0, 0.05) is 34.0 Å². The number of nitrogens with one attached hydrogen (secondary N) is 1. The third-order valence-electron chi connectivity index (χ3n) is 6.34. The first kappa shape index (κ1) is 28.2. The molecule has 0 bridgehead atoms. The van der Waals surface area contributed by atoms with Crippen molar-refractivity contribution in [3.05, 3.63) is 101 Å². The standard InChI is InChI=1S/C30H31Cl2N7/c1-6-7-12-28-27(20(3)39(21(4)33-28)22(5)34-29(32)17-19(2)31)18-23-13-15-24(16-14-23)25-10-8-9-11-26(25)30-35-37-38-36-30/h8-11,13-17H,3,5-7,12,18H2,1-2,4H3,(H,35,36,37,38)/b19-17+,34-29+. The number of hydrogen-bond acceptors (Lipinski definition) is 6. The molecule has 1 aliphatic heterocycles. The molecule has 3 aromatic rings. The lowest BCUT2D eigenvalue weighted by Crippen LogP contribution is -2.31. The van der Waals surface area contributed by atoms with E-state index in [9.17, 15) is 0 Å². The van der Waals surface area contributed by atoms with Gasteiger partial charge in [0.2, 0.25) is 0 Å². The Hall–Kier alpha value is -3.81. The van der Waals surface area contributed by atoms with Crippen LogP contribution in [-0.2, 0) is 6.42 Å². The van der Waals surface area contributed by atoms with Crippen LogP contribution in [0.25, 0.3) is 22.5 Å². The molecule has 0 aliphatic carbocycles. The van der Waals surface area contributed by atoms with E-state index in [1.165, 1.54) is 0 Å². The van der Waals surface area contributed by atoms with Gasteiger partial charge in [-0.3, -0.25) is 4.90 Å². The molecule has 200 valence electrons. The van der Waals surface area contributed by atoms with Crippen molar-refractivity contribution < 1.29 is 0 Å². The van der Waals surface area contributed by atoms with Gasteiger partial charge in [-0.15, -0.1) is 5.10 Å². The van der Waals surface area contributed by atoms with Crippen LogP contribution in [0.1, 0.15) is 45.6 Å². The summed E-state index contributed by atoms with van der Waals surface area (Å²) >= 11 is 12.2. The minimum Gasteiger partial charge on any atom is -0.283 e. The molecule has 2 heterocycles. The number of unbranched alkanes of at least 4 members (excludes halogenated alkanes) is 1. The van der Waals surface area contributed by atoms with Crippen LogP contribution < -0.4 is 0 Å². The monoisotopic (exact) mass is 559 g/mol. The van der Waals surface area contributed by atoms with E-state index >= 15 is 0 Å². The van der Waals surface area contributed by atoms with Crippen LogP contribution in [0.3, 0.4) is 0 Å². The lowest BCUT2D eigenvalue weighted by Gasteiger charge is -2.32. The summed E-state index contributed by atoms with van der Waals surface area (Å²) in [6, 6.07) is 16.6. The number of aliphatic imine (C=N–C) groups is 2. The van der Waals surface area contributed by atoms with Crippen LogP contribution in [0.4, 0.5) is 0 Å². The fraction of sp³-hybridized carbons (Fsp3) is 0.233. The second kappa shape index (κ2) is 12.8. The highest BCUT2D eigenvalue weighted by Crippen LogP contribution is 2.34. The number of aromatic amines is 1. The van der Waals surface area contributed by atoms with Gasteiger partial charge in [0.25, 0.3) is 0 Å². The summed E-state index contributed by atoms with van der Waals surface area (Å²) in [5.74, 6) is 1.82. The van der Waals surface area contributed by atoms with Gasteiger partial charge in [0.15, 0.2) is 5.82 Å². The van der Waals surface area contributed by atoms with Gasteiger partial charge in [0.05, 0.1) is 0 Å². The Bertz CT molecular complexity index is 1480. The molecule has 0 saturated heterocycles. The van der Waals surface area contributed by atoms with E-state index in [0.717, 1.165) is 64.3 Å². The summed E-state index contributed by atoms with van der Waals surface area (Å²) in [5.41, 5.74) is 7.11. The summed E-state index contributed by atoms with van der Waals surface area (Å²) in [4.78, 5) is 11.2. The zero-order chi connectivity index (χ0) is 27.9. The Morgan fingerprint density at radius 1 is 1.10 bits per heavy atom. The normalized spacial score (nSPS) is 14.6. The molecule has 7 nitrogen and oxygen atoms in total. The molecular formula is C30H31Cl2N7. The minimum atomic E-state index is 0.243. The van der Waals surface area contributed by atoms with Gasteiger partial charge in [-0.05, 0) is 59.9 Å². The summed E-state index contributed by atoms with van der Waals surface area (Å²) in [6.45, 7) is 14.4. The van der Waals surface area contributed by atoms with Crippen molar-refractivity contribution in [2.75, 3.05) is 0 Å². The van der Waals surface area contributed by atoms with E-state index in [0.29, 0.717) is 23.1 Å². The molecule has 4 rings (SSSR count). The highest BCUT2D eigenvalue weighted by atomic mass is 35.5. The number of halogens is 2. The first-order valence-electron chi connectivity index (χ1n) is 12.7.